The molecule has 200 valence electrons. The summed E-state index contributed by atoms with van der Waals surface area (Å²) in [5.41, 5.74) is -1.45. The standard InChI is InChI=1S/C27H31Cl2F2N3O3/c1-26(2,3)12-22-27(14-32,18-6-5-16(28)11-21(18)31)23(15-4-7-20(30)19(29)10-15)24(34-22)25(37)33-9-8-17(36)13-35/h4-7,10-11,17,22-24,34-36H,8-9,12-13H2,1-3H3,(H,33,37)/t17-,22-,23-,24+,27-/m0/s1. The summed E-state index contributed by atoms with van der Waals surface area (Å²) in [5, 5.41) is 35.5. The van der Waals surface area contributed by atoms with E-state index in [2.05, 4.69) is 16.7 Å². The number of aliphatic hydroxyl groups is 2. The highest BCUT2D eigenvalue weighted by atomic mass is 35.5. The zero-order valence-corrected chi connectivity index (χ0v) is 22.4. The Morgan fingerprint density at radius 3 is 2.49 bits per heavy atom. The summed E-state index contributed by atoms with van der Waals surface area (Å²) in [6.07, 6.45) is -0.484. The minimum absolute atomic E-state index is 0.0639. The Morgan fingerprint density at radius 1 is 1.22 bits per heavy atom. The van der Waals surface area contributed by atoms with E-state index >= 15 is 4.39 Å². The fourth-order valence-corrected chi connectivity index (χ4v) is 5.44. The maximum absolute atomic E-state index is 15.5. The highest BCUT2D eigenvalue weighted by Gasteiger charge is 2.60. The molecule has 1 heterocycles. The molecule has 5 atom stereocenters. The van der Waals surface area contributed by atoms with Crippen molar-refractivity contribution in [2.24, 2.45) is 5.41 Å². The van der Waals surface area contributed by atoms with Crippen molar-refractivity contribution in [1.29, 1.82) is 5.26 Å². The maximum atomic E-state index is 15.5. The second kappa shape index (κ2) is 11.6. The number of aliphatic hydroxyl groups excluding tert-OH is 2. The molecule has 1 aliphatic heterocycles. The van der Waals surface area contributed by atoms with Gasteiger partial charge in [-0.3, -0.25) is 4.79 Å². The van der Waals surface area contributed by atoms with Gasteiger partial charge in [-0.05, 0) is 48.1 Å². The van der Waals surface area contributed by atoms with Crippen molar-refractivity contribution in [2.75, 3.05) is 13.2 Å². The topological polar surface area (TPSA) is 105 Å². The van der Waals surface area contributed by atoms with Crippen LogP contribution in [0.25, 0.3) is 0 Å². The van der Waals surface area contributed by atoms with Gasteiger partial charge >= 0.3 is 0 Å². The minimum Gasteiger partial charge on any atom is -0.394 e. The maximum Gasteiger partial charge on any atom is 0.237 e. The number of benzene rings is 2. The molecule has 0 saturated carbocycles. The molecule has 3 rings (SSSR count). The van der Waals surface area contributed by atoms with Crippen LogP contribution in [0.5, 0.6) is 0 Å². The molecule has 1 fully saturated rings. The van der Waals surface area contributed by atoms with Gasteiger partial charge in [0.15, 0.2) is 0 Å². The normalized spacial score (nSPS) is 24.5. The smallest absolute Gasteiger partial charge is 0.237 e. The molecule has 0 aromatic heterocycles. The lowest BCUT2D eigenvalue weighted by Gasteiger charge is -2.37. The lowest BCUT2D eigenvalue weighted by Crippen LogP contribution is -2.46. The van der Waals surface area contributed by atoms with Crippen molar-refractivity contribution in [3.05, 3.63) is 69.2 Å². The number of amides is 1. The first-order chi connectivity index (χ1) is 17.3. The van der Waals surface area contributed by atoms with Gasteiger partial charge in [0, 0.05) is 29.1 Å². The van der Waals surface area contributed by atoms with Crippen LogP contribution in [-0.2, 0) is 10.2 Å². The molecule has 6 nitrogen and oxygen atoms in total. The highest BCUT2D eigenvalue weighted by molar-refractivity contribution is 6.31. The van der Waals surface area contributed by atoms with E-state index in [9.17, 15) is 19.6 Å². The number of nitrogens with zero attached hydrogens (tertiary/aromatic N) is 1. The average molecular weight is 554 g/mol. The van der Waals surface area contributed by atoms with Gasteiger partial charge in [-0.15, -0.1) is 0 Å². The van der Waals surface area contributed by atoms with Crippen molar-refractivity contribution in [2.45, 2.75) is 63.1 Å². The Hall–Kier alpha value is -2.28. The number of hydrogen-bond acceptors (Lipinski definition) is 5. The Bertz CT molecular complexity index is 1180. The van der Waals surface area contributed by atoms with Crippen molar-refractivity contribution in [1.82, 2.24) is 10.6 Å². The van der Waals surface area contributed by atoms with Gasteiger partial charge in [0.05, 0.1) is 29.8 Å². The van der Waals surface area contributed by atoms with Crippen molar-refractivity contribution < 1.29 is 23.8 Å². The number of nitriles is 1. The zero-order valence-electron chi connectivity index (χ0n) is 20.9. The minimum atomic E-state index is -1.59. The van der Waals surface area contributed by atoms with Crippen LogP contribution in [0.4, 0.5) is 8.78 Å². The molecule has 0 unspecified atom stereocenters. The predicted molar refractivity (Wildman–Crippen MR) is 138 cm³/mol. The number of hydrogen-bond donors (Lipinski definition) is 4. The first kappa shape index (κ1) is 29.3. The molecule has 10 heteroatoms. The van der Waals surface area contributed by atoms with E-state index in [0.717, 1.165) is 12.1 Å². The van der Waals surface area contributed by atoms with Crippen LogP contribution < -0.4 is 10.6 Å². The summed E-state index contributed by atoms with van der Waals surface area (Å²) in [5.74, 6) is -2.80. The molecule has 4 N–H and O–H groups in total. The Balaban J connectivity index is 2.21. The van der Waals surface area contributed by atoms with E-state index in [0.29, 0.717) is 12.0 Å². The lowest BCUT2D eigenvalue weighted by molar-refractivity contribution is -0.123. The molecule has 0 radical (unpaired) electrons. The van der Waals surface area contributed by atoms with Crippen molar-refractivity contribution >= 4 is 29.1 Å². The van der Waals surface area contributed by atoms with Crippen molar-refractivity contribution in [3.8, 4) is 6.07 Å². The number of carbonyl (C=O) groups excluding carboxylic acids is 1. The third-order valence-corrected chi connectivity index (χ3v) is 7.23. The van der Waals surface area contributed by atoms with Gasteiger partial charge in [0.25, 0.3) is 0 Å². The van der Waals surface area contributed by atoms with Gasteiger partial charge in [-0.2, -0.15) is 5.26 Å². The molecule has 1 saturated heterocycles. The fraction of sp³-hybridized carbons (Fsp3) is 0.481. The van der Waals surface area contributed by atoms with Crippen LogP contribution in [0.2, 0.25) is 10.0 Å². The van der Waals surface area contributed by atoms with Gasteiger partial charge in [-0.1, -0.05) is 56.1 Å². The highest BCUT2D eigenvalue weighted by Crippen LogP contribution is 2.52. The van der Waals surface area contributed by atoms with E-state index in [-0.39, 0.29) is 34.0 Å². The lowest BCUT2D eigenvalue weighted by atomic mass is 9.62. The molecule has 1 aliphatic rings. The molecule has 2 aromatic rings. The van der Waals surface area contributed by atoms with Crippen LogP contribution in [0, 0.1) is 28.4 Å². The predicted octanol–water partition coefficient (Wildman–Crippen LogP) is 4.45. The first-order valence-corrected chi connectivity index (χ1v) is 12.7. The summed E-state index contributed by atoms with van der Waals surface area (Å²) in [4.78, 5) is 13.5. The van der Waals surface area contributed by atoms with Gasteiger partial charge in [0.2, 0.25) is 5.91 Å². The van der Waals surface area contributed by atoms with E-state index in [1.807, 2.05) is 20.8 Å². The third kappa shape index (κ3) is 6.24. The van der Waals surface area contributed by atoms with E-state index in [1.165, 1.54) is 24.3 Å². The molecule has 2 aromatic carbocycles. The van der Waals surface area contributed by atoms with Gasteiger partial charge < -0.3 is 20.8 Å². The summed E-state index contributed by atoms with van der Waals surface area (Å²) in [6.45, 7) is 5.54. The number of rotatable bonds is 8. The second-order valence-electron chi connectivity index (χ2n) is 10.6. The Kier molecular flexibility index (Phi) is 9.20. The molecule has 0 spiro atoms. The van der Waals surface area contributed by atoms with Crippen LogP contribution in [0.3, 0.4) is 0 Å². The van der Waals surface area contributed by atoms with E-state index in [4.69, 9.17) is 28.3 Å². The molecule has 37 heavy (non-hydrogen) atoms. The quantitative estimate of drug-likeness (QED) is 0.386. The Labute approximate surface area is 225 Å². The summed E-state index contributed by atoms with van der Waals surface area (Å²) < 4.78 is 29.6. The van der Waals surface area contributed by atoms with Crippen molar-refractivity contribution in [3.63, 3.8) is 0 Å². The first-order valence-electron chi connectivity index (χ1n) is 12.0. The Morgan fingerprint density at radius 2 is 1.92 bits per heavy atom. The molecular formula is C27H31Cl2F2N3O3. The molecule has 0 aliphatic carbocycles. The number of nitrogens with one attached hydrogen (secondary N) is 2. The fourth-order valence-electron chi connectivity index (χ4n) is 5.10. The van der Waals surface area contributed by atoms with Gasteiger partial charge in [0.1, 0.15) is 17.0 Å². The van der Waals surface area contributed by atoms with E-state index < -0.39 is 53.7 Å². The number of carbonyl (C=O) groups is 1. The molecule has 1 amide bonds. The summed E-state index contributed by atoms with van der Waals surface area (Å²) in [6, 6.07) is 8.68. The molecular weight excluding hydrogens is 523 g/mol. The largest absolute Gasteiger partial charge is 0.394 e. The molecule has 0 bridgehead atoms. The van der Waals surface area contributed by atoms with Crippen LogP contribution in [0.1, 0.15) is 50.7 Å². The second-order valence-corrected chi connectivity index (χ2v) is 11.5. The summed E-state index contributed by atoms with van der Waals surface area (Å²) in [7, 11) is 0. The average Bonchev–Trinajstić information content (AvgIpc) is 3.13. The SMILES string of the molecule is CC(C)(C)C[C@@H]1N[C@@H](C(=O)NCC[C@H](O)CO)[C@H](c2ccc(F)c(Cl)c2)[C@@]1(C#N)c1ccc(Cl)cc1F. The van der Waals surface area contributed by atoms with Crippen LogP contribution in [-0.4, -0.2) is 47.5 Å². The monoisotopic (exact) mass is 553 g/mol. The van der Waals surface area contributed by atoms with Crippen LogP contribution in [0.15, 0.2) is 36.4 Å². The van der Waals surface area contributed by atoms with Crippen LogP contribution >= 0.6 is 23.2 Å². The number of halogens is 4. The van der Waals surface area contributed by atoms with Gasteiger partial charge in [-0.25, -0.2) is 8.78 Å². The summed E-state index contributed by atoms with van der Waals surface area (Å²) >= 11 is 12.1. The zero-order chi connectivity index (χ0) is 27.5. The van der Waals surface area contributed by atoms with E-state index in [1.54, 1.807) is 0 Å². The third-order valence-electron chi connectivity index (χ3n) is 6.71.